The van der Waals surface area contributed by atoms with Gasteiger partial charge in [-0.05, 0) is 30.3 Å². The van der Waals surface area contributed by atoms with Gasteiger partial charge in [-0.2, -0.15) is 4.98 Å². The van der Waals surface area contributed by atoms with Gasteiger partial charge in [0.25, 0.3) is 0 Å². The highest BCUT2D eigenvalue weighted by molar-refractivity contribution is 5.52. The first-order chi connectivity index (χ1) is 11.4. The lowest BCUT2D eigenvalue weighted by molar-refractivity contribution is 0.333. The fourth-order valence-electron chi connectivity index (χ4n) is 1.95. The molecule has 3 aromatic rings. The number of anilines is 3. The fraction of sp³-hybridized carbons (Fsp3) is 0.118. The predicted octanol–water partition coefficient (Wildman–Crippen LogP) is 3.11. The molecule has 0 bridgehead atoms. The van der Waals surface area contributed by atoms with Crippen molar-refractivity contribution in [1.82, 2.24) is 15.0 Å². The van der Waals surface area contributed by atoms with Crippen molar-refractivity contribution in [2.75, 3.05) is 23.8 Å². The van der Waals surface area contributed by atoms with Crippen LogP contribution in [0.15, 0.2) is 67.1 Å². The summed E-state index contributed by atoms with van der Waals surface area (Å²) >= 11 is 0. The normalized spacial score (nSPS) is 10.1. The van der Waals surface area contributed by atoms with E-state index in [1.807, 2.05) is 48.5 Å². The zero-order chi connectivity index (χ0) is 15.7. The monoisotopic (exact) mass is 307 g/mol. The molecular formula is C17H17N5O. The van der Waals surface area contributed by atoms with E-state index >= 15 is 0 Å². The quantitative estimate of drug-likeness (QED) is 0.654. The molecule has 0 fully saturated rings. The molecule has 0 saturated heterocycles. The van der Waals surface area contributed by atoms with Crippen molar-refractivity contribution in [3.8, 4) is 5.75 Å². The Labute approximate surface area is 134 Å². The lowest BCUT2D eigenvalue weighted by atomic mass is 10.3. The zero-order valence-electron chi connectivity index (χ0n) is 12.5. The maximum Gasteiger partial charge on any atom is 0.229 e. The highest BCUT2D eigenvalue weighted by atomic mass is 16.5. The summed E-state index contributed by atoms with van der Waals surface area (Å²) in [6, 6.07) is 15.3. The number of rotatable bonds is 7. The number of para-hydroxylation sites is 1. The Morgan fingerprint density at radius 2 is 1.87 bits per heavy atom. The second-order valence-corrected chi connectivity index (χ2v) is 4.72. The van der Waals surface area contributed by atoms with Crippen LogP contribution < -0.4 is 15.4 Å². The van der Waals surface area contributed by atoms with Crippen LogP contribution in [0.2, 0.25) is 0 Å². The molecule has 6 nitrogen and oxygen atoms in total. The number of nitrogens with one attached hydrogen (secondary N) is 2. The van der Waals surface area contributed by atoms with Crippen LogP contribution in [0.3, 0.4) is 0 Å². The highest BCUT2D eigenvalue weighted by Crippen LogP contribution is 2.12. The minimum atomic E-state index is 0.520. The van der Waals surface area contributed by atoms with Gasteiger partial charge in [-0.25, -0.2) is 4.98 Å². The van der Waals surface area contributed by atoms with Crippen molar-refractivity contribution in [2.45, 2.75) is 0 Å². The van der Waals surface area contributed by atoms with Crippen LogP contribution in [-0.2, 0) is 0 Å². The van der Waals surface area contributed by atoms with E-state index in [2.05, 4.69) is 25.6 Å². The van der Waals surface area contributed by atoms with Crippen molar-refractivity contribution < 1.29 is 4.74 Å². The second kappa shape index (κ2) is 7.74. The van der Waals surface area contributed by atoms with Crippen LogP contribution in [0, 0.1) is 0 Å². The van der Waals surface area contributed by atoms with Crippen LogP contribution in [-0.4, -0.2) is 28.1 Å². The molecule has 0 spiro atoms. The summed E-state index contributed by atoms with van der Waals surface area (Å²) in [5, 5.41) is 6.31. The molecule has 0 aliphatic heterocycles. The lowest BCUT2D eigenvalue weighted by Gasteiger charge is -2.09. The van der Waals surface area contributed by atoms with Crippen molar-refractivity contribution >= 4 is 17.5 Å². The van der Waals surface area contributed by atoms with Crippen LogP contribution in [0.5, 0.6) is 5.75 Å². The minimum Gasteiger partial charge on any atom is -0.492 e. The van der Waals surface area contributed by atoms with E-state index in [1.54, 1.807) is 18.6 Å². The SMILES string of the molecule is c1ccc(OCCNc2ccnc(Nc3cccnc3)n2)cc1. The molecule has 3 rings (SSSR count). The molecule has 2 heterocycles. The van der Waals surface area contributed by atoms with E-state index in [9.17, 15) is 0 Å². The van der Waals surface area contributed by atoms with Crippen LogP contribution >= 0.6 is 0 Å². The Morgan fingerprint density at radius 1 is 0.957 bits per heavy atom. The van der Waals surface area contributed by atoms with Gasteiger partial charge in [0, 0.05) is 12.4 Å². The molecule has 0 aliphatic rings. The molecule has 2 aromatic heterocycles. The van der Waals surface area contributed by atoms with Crippen molar-refractivity contribution in [1.29, 1.82) is 0 Å². The second-order valence-electron chi connectivity index (χ2n) is 4.72. The molecule has 0 atom stereocenters. The van der Waals surface area contributed by atoms with Crippen LogP contribution in [0.1, 0.15) is 0 Å². The number of nitrogens with zero attached hydrogens (tertiary/aromatic N) is 3. The Hall–Kier alpha value is -3.15. The smallest absolute Gasteiger partial charge is 0.229 e. The summed E-state index contributed by atoms with van der Waals surface area (Å²) < 4.78 is 5.62. The summed E-state index contributed by atoms with van der Waals surface area (Å²) in [4.78, 5) is 12.6. The van der Waals surface area contributed by atoms with Crippen molar-refractivity contribution in [2.24, 2.45) is 0 Å². The Bertz CT molecular complexity index is 721. The molecule has 0 amide bonds. The van der Waals surface area contributed by atoms with Gasteiger partial charge in [-0.3, -0.25) is 4.98 Å². The van der Waals surface area contributed by atoms with Gasteiger partial charge in [0.05, 0.1) is 18.4 Å². The summed E-state index contributed by atoms with van der Waals surface area (Å²) in [6.45, 7) is 1.21. The zero-order valence-corrected chi connectivity index (χ0v) is 12.5. The molecule has 2 N–H and O–H groups in total. The van der Waals surface area contributed by atoms with E-state index in [4.69, 9.17) is 4.74 Å². The van der Waals surface area contributed by atoms with Crippen molar-refractivity contribution in [3.63, 3.8) is 0 Å². The van der Waals surface area contributed by atoms with E-state index in [-0.39, 0.29) is 0 Å². The van der Waals surface area contributed by atoms with Gasteiger partial charge >= 0.3 is 0 Å². The van der Waals surface area contributed by atoms with Crippen LogP contribution in [0.25, 0.3) is 0 Å². The summed E-state index contributed by atoms with van der Waals surface area (Å²) in [7, 11) is 0. The standard InChI is InChI=1S/C17H17N5O/c1-2-6-15(7-3-1)23-12-11-19-16-8-10-20-17(22-16)21-14-5-4-9-18-13-14/h1-10,13H,11-12H2,(H2,19,20,21,22). The van der Waals surface area contributed by atoms with E-state index < -0.39 is 0 Å². The first-order valence-electron chi connectivity index (χ1n) is 7.32. The predicted molar refractivity (Wildman–Crippen MR) is 90.0 cm³/mol. The maximum absolute atomic E-state index is 5.62. The molecular weight excluding hydrogens is 290 g/mol. The average molecular weight is 307 g/mol. The van der Waals surface area contributed by atoms with Gasteiger partial charge in [0.15, 0.2) is 0 Å². The van der Waals surface area contributed by atoms with Crippen molar-refractivity contribution in [3.05, 3.63) is 67.1 Å². The Balaban J connectivity index is 1.49. The molecule has 1 aromatic carbocycles. The summed E-state index contributed by atoms with van der Waals surface area (Å²) in [5.41, 5.74) is 0.845. The van der Waals surface area contributed by atoms with Gasteiger partial charge in [0.2, 0.25) is 5.95 Å². The molecule has 116 valence electrons. The molecule has 0 unspecified atom stereocenters. The largest absolute Gasteiger partial charge is 0.492 e. The lowest BCUT2D eigenvalue weighted by Crippen LogP contribution is -2.12. The third kappa shape index (κ3) is 4.67. The number of aromatic nitrogens is 3. The first kappa shape index (κ1) is 14.8. The van der Waals surface area contributed by atoms with Gasteiger partial charge < -0.3 is 15.4 Å². The highest BCUT2D eigenvalue weighted by Gasteiger charge is 2.00. The summed E-state index contributed by atoms with van der Waals surface area (Å²) in [5.74, 6) is 2.12. The number of hydrogen-bond donors (Lipinski definition) is 2. The maximum atomic E-state index is 5.62. The molecule has 0 aliphatic carbocycles. The van der Waals surface area contributed by atoms with Gasteiger partial charge in [-0.1, -0.05) is 18.2 Å². The number of benzene rings is 1. The van der Waals surface area contributed by atoms with Gasteiger partial charge in [0.1, 0.15) is 18.2 Å². The minimum absolute atomic E-state index is 0.520. The molecule has 0 saturated carbocycles. The van der Waals surface area contributed by atoms with Crippen LogP contribution in [0.4, 0.5) is 17.5 Å². The molecule has 6 heteroatoms. The third-order valence-corrected chi connectivity index (χ3v) is 2.99. The number of ether oxygens (including phenoxy) is 1. The van der Waals surface area contributed by atoms with E-state index in [1.165, 1.54) is 0 Å². The Morgan fingerprint density at radius 3 is 2.70 bits per heavy atom. The van der Waals surface area contributed by atoms with E-state index in [0.29, 0.717) is 19.1 Å². The van der Waals surface area contributed by atoms with E-state index in [0.717, 1.165) is 17.3 Å². The van der Waals surface area contributed by atoms with Gasteiger partial charge in [-0.15, -0.1) is 0 Å². The topological polar surface area (TPSA) is 72.0 Å². The first-order valence-corrected chi connectivity index (χ1v) is 7.32. The fourth-order valence-corrected chi connectivity index (χ4v) is 1.95. The molecule has 23 heavy (non-hydrogen) atoms. The number of hydrogen-bond acceptors (Lipinski definition) is 6. The molecule has 0 radical (unpaired) electrons. The number of pyridine rings is 1. The third-order valence-electron chi connectivity index (χ3n) is 2.99. The Kier molecular flexibility index (Phi) is 4.97. The summed E-state index contributed by atoms with van der Waals surface area (Å²) in [6.07, 6.45) is 5.14. The average Bonchev–Trinajstić information content (AvgIpc) is 2.61.